The number of hydrogen-bond acceptors (Lipinski definition) is 8. The second kappa shape index (κ2) is 13.7. The molecule has 9 nitrogen and oxygen atoms in total. The number of anilines is 1. The van der Waals surface area contributed by atoms with Crippen LogP contribution in [0.4, 0.5) is 5.69 Å². The Hall–Kier alpha value is -5.22. The van der Waals surface area contributed by atoms with Crippen molar-refractivity contribution < 1.29 is 23.9 Å². The maximum absolute atomic E-state index is 13.1. The largest absolute Gasteiger partial charge is 0.493 e. The van der Waals surface area contributed by atoms with E-state index in [9.17, 15) is 14.4 Å². The molecule has 0 aliphatic carbocycles. The van der Waals surface area contributed by atoms with Crippen molar-refractivity contribution in [1.29, 1.82) is 0 Å². The highest BCUT2D eigenvalue weighted by atomic mass is 32.1. The summed E-state index contributed by atoms with van der Waals surface area (Å²) in [4.78, 5) is 40.6. The molecule has 2 amide bonds. The van der Waals surface area contributed by atoms with Gasteiger partial charge in [-0.25, -0.2) is 10.2 Å². The van der Waals surface area contributed by atoms with E-state index < -0.39 is 17.8 Å². The highest BCUT2D eigenvalue weighted by Gasteiger charge is 2.15. The molecular formula is C31H28N4O5S. The molecule has 0 fully saturated rings. The van der Waals surface area contributed by atoms with Crippen LogP contribution < -0.4 is 25.1 Å². The lowest BCUT2D eigenvalue weighted by atomic mass is 10.1. The molecule has 4 aromatic rings. The number of hydrogen-bond donors (Lipinski definition) is 2. The zero-order chi connectivity index (χ0) is 29.2. The number of benzene rings is 3. The van der Waals surface area contributed by atoms with E-state index in [1.807, 2.05) is 43.3 Å². The molecule has 0 bridgehead atoms. The number of carbonyl (C=O) groups is 3. The van der Waals surface area contributed by atoms with Crippen LogP contribution in [0.5, 0.6) is 11.5 Å². The van der Waals surface area contributed by atoms with Gasteiger partial charge in [-0.2, -0.15) is 5.10 Å². The number of methoxy groups -OCH3 is 1. The first-order chi connectivity index (χ1) is 19.8. The van der Waals surface area contributed by atoms with Crippen molar-refractivity contribution in [2.24, 2.45) is 5.10 Å². The fraction of sp³-hybridized carbons (Fsp3) is 0.0968. The van der Waals surface area contributed by atoms with E-state index in [0.717, 1.165) is 11.3 Å². The number of thiophene rings is 1. The molecule has 208 valence electrons. The van der Waals surface area contributed by atoms with Crippen molar-refractivity contribution in [3.05, 3.63) is 118 Å². The molecular weight excluding hydrogens is 540 g/mol. The maximum atomic E-state index is 13.1. The number of hydrazone groups is 1. The topological polar surface area (TPSA) is 109 Å². The van der Waals surface area contributed by atoms with Gasteiger partial charge in [0.15, 0.2) is 11.5 Å². The van der Waals surface area contributed by atoms with Gasteiger partial charge in [0.05, 0.1) is 13.3 Å². The lowest BCUT2D eigenvalue weighted by Gasteiger charge is -2.13. The molecule has 0 saturated heterocycles. The highest BCUT2D eigenvalue weighted by molar-refractivity contribution is 7.12. The predicted molar refractivity (Wildman–Crippen MR) is 161 cm³/mol. The minimum Gasteiger partial charge on any atom is -0.493 e. The summed E-state index contributed by atoms with van der Waals surface area (Å²) in [5, 5.41) is 8.51. The van der Waals surface area contributed by atoms with Gasteiger partial charge in [-0.1, -0.05) is 36.4 Å². The normalized spacial score (nSPS) is 11.1. The Kier molecular flexibility index (Phi) is 9.63. The van der Waals surface area contributed by atoms with Crippen molar-refractivity contribution in [1.82, 2.24) is 10.7 Å². The van der Waals surface area contributed by atoms with Crippen LogP contribution in [0.25, 0.3) is 6.08 Å². The average Bonchev–Trinajstić information content (AvgIpc) is 3.53. The summed E-state index contributed by atoms with van der Waals surface area (Å²) in [6.45, 7) is 0. The number of amides is 2. The molecule has 1 aromatic heterocycles. The second-order valence-corrected chi connectivity index (χ2v) is 9.79. The SMILES string of the molecule is COc1cc(C=NNC(=O)C(=Cc2ccc(N(C)C)cc2)NC(=O)c2ccccc2)ccc1OC(=O)c1cccs1. The first-order valence-electron chi connectivity index (χ1n) is 12.5. The summed E-state index contributed by atoms with van der Waals surface area (Å²) in [5.41, 5.74) is 5.17. The summed E-state index contributed by atoms with van der Waals surface area (Å²) >= 11 is 1.28. The van der Waals surface area contributed by atoms with Gasteiger partial charge < -0.3 is 19.7 Å². The van der Waals surface area contributed by atoms with Crippen LogP contribution >= 0.6 is 11.3 Å². The van der Waals surface area contributed by atoms with E-state index in [1.54, 1.807) is 72.1 Å². The number of nitrogens with zero attached hydrogens (tertiary/aromatic N) is 2. The fourth-order valence-corrected chi connectivity index (χ4v) is 4.20. The first kappa shape index (κ1) is 28.8. The Morgan fingerprint density at radius 3 is 2.27 bits per heavy atom. The maximum Gasteiger partial charge on any atom is 0.353 e. The van der Waals surface area contributed by atoms with E-state index in [1.165, 1.54) is 24.7 Å². The van der Waals surface area contributed by atoms with E-state index in [-0.39, 0.29) is 11.4 Å². The van der Waals surface area contributed by atoms with Crippen LogP contribution in [-0.2, 0) is 4.79 Å². The molecule has 0 aliphatic heterocycles. The Balaban J connectivity index is 1.49. The van der Waals surface area contributed by atoms with Crippen molar-refractivity contribution in [2.75, 3.05) is 26.1 Å². The van der Waals surface area contributed by atoms with Gasteiger partial charge >= 0.3 is 5.97 Å². The van der Waals surface area contributed by atoms with Crippen LogP contribution in [0.3, 0.4) is 0 Å². The summed E-state index contributed by atoms with van der Waals surface area (Å²) in [7, 11) is 5.32. The van der Waals surface area contributed by atoms with Crippen molar-refractivity contribution in [3.63, 3.8) is 0 Å². The van der Waals surface area contributed by atoms with E-state index in [4.69, 9.17) is 9.47 Å². The first-order valence-corrected chi connectivity index (χ1v) is 13.3. The van der Waals surface area contributed by atoms with E-state index in [2.05, 4.69) is 15.8 Å². The molecule has 0 aliphatic rings. The third-order valence-electron chi connectivity index (χ3n) is 5.74. The molecule has 3 aromatic carbocycles. The number of ether oxygens (including phenoxy) is 2. The van der Waals surface area contributed by atoms with Crippen LogP contribution in [0.1, 0.15) is 31.2 Å². The summed E-state index contributed by atoms with van der Waals surface area (Å²) in [5.74, 6) is -0.961. The van der Waals surface area contributed by atoms with E-state index >= 15 is 0 Å². The molecule has 0 radical (unpaired) electrons. The van der Waals surface area contributed by atoms with Crippen LogP contribution in [-0.4, -0.2) is 45.2 Å². The van der Waals surface area contributed by atoms with Gasteiger partial charge in [0.25, 0.3) is 11.8 Å². The third-order valence-corrected chi connectivity index (χ3v) is 6.59. The van der Waals surface area contributed by atoms with Gasteiger partial charge in [-0.15, -0.1) is 11.3 Å². The Bertz CT molecular complexity index is 1560. The monoisotopic (exact) mass is 568 g/mol. The van der Waals surface area contributed by atoms with Crippen LogP contribution in [0.2, 0.25) is 0 Å². The van der Waals surface area contributed by atoms with Gasteiger partial charge in [0.2, 0.25) is 0 Å². The molecule has 41 heavy (non-hydrogen) atoms. The van der Waals surface area contributed by atoms with Gasteiger partial charge in [0, 0.05) is 25.3 Å². The zero-order valence-electron chi connectivity index (χ0n) is 22.7. The summed E-state index contributed by atoms with van der Waals surface area (Å²) in [6, 6.07) is 24.4. The number of rotatable bonds is 10. The summed E-state index contributed by atoms with van der Waals surface area (Å²) in [6.07, 6.45) is 2.98. The lowest BCUT2D eigenvalue weighted by molar-refractivity contribution is -0.117. The predicted octanol–water partition coefficient (Wildman–Crippen LogP) is 4.96. The van der Waals surface area contributed by atoms with Gasteiger partial charge in [0.1, 0.15) is 10.6 Å². The van der Waals surface area contributed by atoms with Crippen LogP contribution in [0, 0.1) is 0 Å². The minimum absolute atomic E-state index is 0.0158. The number of nitrogens with one attached hydrogen (secondary N) is 2. The van der Waals surface area contributed by atoms with Gasteiger partial charge in [-0.3, -0.25) is 9.59 Å². The van der Waals surface area contributed by atoms with Crippen LogP contribution in [0.15, 0.2) is 101 Å². The fourth-order valence-electron chi connectivity index (χ4n) is 3.60. The molecule has 2 N–H and O–H groups in total. The molecule has 0 unspecified atom stereocenters. The zero-order valence-corrected chi connectivity index (χ0v) is 23.5. The smallest absolute Gasteiger partial charge is 0.353 e. The molecule has 0 saturated carbocycles. The molecule has 0 atom stereocenters. The Labute approximate surface area is 241 Å². The average molecular weight is 569 g/mol. The standard InChI is InChI=1S/C31H28N4O5S/c1-35(2)24-14-11-21(12-15-24)18-25(33-29(36)23-8-5-4-6-9-23)30(37)34-32-20-22-13-16-26(27(19-22)39-3)40-31(38)28-10-7-17-41-28/h4-20H,1-3H3,(H,33,36)(H,34,37). The van der Waals surface area contributed by atoms with E-state index in [0.29, 0.717) is 21.8 Å². The lowest BCUT2D eigenvalue weighted by Crippen LogP contribution is -2.32. The van der Waals surface area contributed by atoms with Crippen molar-refractivity contribution >= 4 is 47.1 Å². The quantitative estimate of drug-likeness (QED) is 0.0920. The number of esters is 1. The molecule has 10 heteroatoms. The molecule has 0 spiro atoms. The molecule has 1 heterocycles. The Morgan fingerprint density at radius 2 is 1.61 bits per heavy atom. The highest BCUT2D eigenvalue weighted by Crippen LogP contribution is 2.29. The second-order valence-electron chi connectivity index (χ2n) is 8.84. The summed E-state index contributed by atoms with van der Waals surface area (Å²) < 4.78 is 10.8. The van der Waals surface area contributed by atoms with Gasteiger partial charge in [-0.05, 0) is 71.1 Å². The minimum atomic E-state index is -0.615. The van der Waals surface area contributed by atoms with Crippen molar-refractivity contribution in [2.45, 2.75) is 0 Å². The number of carbonyl (C=O) groups excluding carboxylic acids is 3. The third kappa shape index (κ3) is 7.90. The van der Waals surface area contributed by atoms with Crippen molar-refractivity contribution in [3.8, 4) is 11.5 Å². The Morgan fingerprint density at radius 1 is 0.878 bits per heavy atom. The molecule has 4 rings (SSSR count).